The summed E-state index contributed by atoms with van der Waals surface area (Å²) in [5.74, 6) is 0.0907. The lowest BCUT2D eigenvalue weighted by Gasteiger charge is -2.14. The van der Waals surface area contributed by atoms with Gasteiger partial charge >= 0.3 is 0 Å². The normalized spacial score (nSPS) is 16.9. The van der Waals surface area contributed by atoms with Crippen molar-refractivity contribution in [3.63, 3.8) is 0 Å². The van der Waals surface area contributed by atoms with Gasteiger partial charge in [-0.3, -0.25) is 9.48 Å². The van der Waals surface area contributed by atoms with Gasteiger partial charge in [0.2, 0.25) is 5.91 Å². The maximum absolute atomic E-state index is 12.0. The number of hydrogen-bond acceptors (Lipinski definition) is 2. The highest BCUT2D eigenvalue weighted by Crippen LogP contribution is 2.20. The van der Waals surface area contributed by atoms with Crippen LogP contribution in [0.25, 0.3) is 0 Å². The molecule has 4 nitrogen and oxygen atoms in total. The molecule has 1 unspecified atom stereocenters. The highest BCUT2D eigenvalue weighted by molar-refractivity contribution is 5.80. The van der Waals surface area contributed by atoms with Crippen molar-refractivity contribution in [2.45, 2.75) is 58.5 Å². The summed E-state index contributed by atoms with van der Waals surface area (Å²) in [5, 5.41) is 7.53. The van der Waals surface area contributed by atoms with Crippen LogP contribution in [0.3, 0.4) is 0 Å². The highest BCUT2D eigenvalue weighted by Gasteiger charge is 2.27. The molecule has 94 valence electrons. The molecule has 1 saturated carbocycles. The molecule has 1 aromatic heterocycles. The van der Waals surface area contributed by atoms with E-state index in [0.717, 1.165) is 37.1 Å². The standard InChI is InChI=1S/C13H21N3O/c1-4-10-8-12(5-2)16(15-10)9(3)13(17)14-11-6-7-11/h8-9,11H,4-7H2,1-3H3,(H,14,17). The molecular weight excluding hydrogens is 214 g/mol. The van der Waals surface area contributed by atoms with Crippen LogP contribution in [0.2, 0.25) is 0 Å². The van der Waals surface area contributed by atoms with E-state index in [9.17, 15) is 4.79 Å². The van der Waals surface area contributed by atoms with Gasteiger partial charge in [0.05, 0.1) is 5.69 Å². The lowest BCUT2D eigenvalue weighted by molar-refractivity contribution is -0.124. The summed E-state index contributed by atoms with van der Waals surface area (Å²) in [5.41, 5.74) is 2.20. The van der Waals surface area contributed by atoms with Crippen molar-refractivity contribution in [3.8, 4) is 0 Å². The Bertz CT molecular complexity index is 407. The third-order valence-corrected chi connectivity index (χ3v) is 3.26. The maximum Gasteiger partial charge on any atom is 0.244 e. The van der Waals surface area contributed by atoms with Crippen molar-refractivity contribution >= 4 is 5.91 Å². The second-order valence-electron chi connectivity index (χ2n) is 4.74. The summed E-state index contributed by atoms with van der Waals surface area (Å²) >= 11 is 0. The zero-order valence-corrected chi connectivity index (χ0v) is 10.9. The molecule has 1 amide bonds. The summed E-state index contributed by atoms with van der Waals surface area (Å²) in [6.07, 6.45) is 4.07. The van der Waals surface area contributed by atoms with Gasteiger partial charge in [0.25, 0.3) is 0 Å². The molecule has 0 radical (unpaired) electrons. The maximum atomic E-state index is 12.0. The first kappa shape index (κ1) is 12.1. The third kappa shape index (κ3) is 2.68. The molecule has 1 aliphatic rings. The van der Waals surface area contributed by atoms with Crippen LogP contribution in [0.1, 0.15) is 51.0 Å². The first-order valence-corrected chi connectivity index (χ1v) is 6.53. The van der Waals surface area contributed by atoms with Crippen molar-refractivity contribution in [1.29, 1.82) is 0 Å². The van der Waals surface area contributed by atoms with Crippen LogP contribution in [0, 0.1) is 0 Å². The predicted molar refractivity (Wildman–Crippen MR) is 66.9 cm³/mol. The Morgan fingerprint density at radius 2 is 2.24 bits per heavy atom. The first-order valence-electron chi connectivity index (χ1n) is 6.53. The summed E-state index contributed by atoms with van der Waals surface area (Å²) in [6.45, 7) is 6.10. The Kier molecular flexibility index (Phi) is 3.50. The van der Waals surface area contributed by atoms with E-state index in [2.05, 4.69) is 30.3 Å². The van der Waals surface area contributed by atoms with Crippen molar-refractivity contribution < 1.29 is 4.79 Å². The minimum atomic E-state index is -0.203. The largest absolute Gasteiger partial charge is 0.352 e. The number of aromatic nitrogens is 2. The van der Waals surface area contributed by atoms with E-state index < -0.39 is 0 Å². The fourth-order valence-corrected chi connectivity index (χ4v) is 1.92. The molecule has 1 aromatic rings. The Morgan fingerprint density at radius 1 is 1.53 bits per heavy atom. The quantitative estimate of drug-likeness (QED) is 0.846. The first-order chi connectivity index (χ1) is 8.15. The molecule has 4 heteroatoms. The van der Waals surface area contributed by atoms with E-state index in [0.29, 0.717) is 6.04 Å². The lowest BCUT2D eigenvalue weighted by Crippen LogP contribution is -2.33. The molecule has 1 N–H and O–H groups in total. The molecule has 1 atom stereocenters. The summed E-state index contributed by atoms with van der Waals surface area (Å²) in [4.78, 5) is 12.0. The van der Waals surface area contributed by atoms with Crippen molar-refractivity contribution in [2.24, 2.45) is 0 Å². The Hall–Kier alpha value is -1.32. The minimum Gasteiger partial charge on any atom is -0.352 e. The fraction of sp³-hybridized carbons (Fsp3) is 0.692. The second-order valence-corrected chi connectivity index (χ2v) is 4.74. The summed E-state index contributed by atoms with van der Waals surface area (Å²) < 4.78 is 1.87. The van der Waals surface area contributed by atoms with Gasteiger partial charge < -0.3 is 5.32 Å². The Morgan fingerprint density at radius 3 is 2.76 bits per heavy atom. The zero-order valence-electron chi connectivity index (χ0n) is 10.9. The molecule has 1 aliphatic carbocycles. The SMILES string of the molecule is CCc1cc(CC)n(C(C)C(=O)NC2CC2)n1. The molecule has 2 rings (SSSR count). The molecule has 0 bridgehead atoms. The van der Waals surface area contributed by atoms with Gasteiger partial charge in [0.15, 0.2) is 0 Å². The van der Waals surface area contributed by atoms with Gasteiger partial charge in [0, 0.05) is 11.7 Å². The Balaban J connectivity index is 2.12. The van der Waals surface area contributed by atoms with Gasteiger partial charge in [-0.1, -0.05) is 13.8 Å². The molecular formula is C13H21N3O. The van der Waals surface area contributed by atoms with Crippen LogP contribution in [-0.2, 0) is 17.6 Å². The monoisotopic (exact) mass is 235 g/mol. The lowest BCUT2D eigenvalue weighted by atomic mass is 10.2. The minimum absolute atomic E-state index is 0.0907. The van der Waals surface area contributed by atoms with E-state index in [4.69, 9.17) is 0 Å². The highest BCUT2D eigenvalue weighted by atomic mass is 16.2. The molecule has 0 saturated heterocycles. The molecule has 1 fully saturated rings. The number of nitrogens with zero attached hydrogens (tertiary/aromatic N) is 2. The van der Waals surface area contributed by atoms with E-state index in [1.807, 2.05) is 11.6 Å². The van der Waals surface area contributed by atoms with Crippen molar-refractivity contribution in [1.82, 2.24) is 15.1 Å². The van der Waals surface area contributed by atoms with E-state index >= 15 is 0 Å². The molecule has 0 spiro atoms. The zero-order chi connectivity index (χ0) is 12.4. The fourth-order valence-electron chi connectivity index (χ4n) is 1.92. The van der Waals surface area contributed by atoms with Crippen LogP contribution in [-0.4, -0.2) is 21.7 Å². The number of hydrogen-bond donors (Lipinski definition) is 1. The van der Waals surface area contributed by atoms with Crippen LogP contribution < -0.4 is 5.32 Å². The van der Waals surface area contributed by atoms with Crippen molar-refractivity contribution in [2.75, 3.05) is 0 Å². The number of carbonyl (C=O) groups excluding carboxylic acids is 1. The number of aryl methyl sites for hydroxylation is 2. The molecule has 1 heterocycles. The van der Waals surface area contributed by atoms with Crippen LogP contribution in [0.4, 0.5) is 0 Å². The number of amides is 1. The summed E-state index contributed by atoms with van der Waals surface area (Å²) in [7, 11) is 0. The van der Waals surface area contributed by atoms with E-state index in [-0.39, 0.29) is 11.9 Å². The third-order valence-electron chi connectivity index (χ3n) is 3.26. The van der Waals surface area contributed by atoms with Crippen molar-refractivity contribution in [3.05, 3.63) is 17.5 Å². The smallest absolute Gasteiger partial charge is 0.244 e. The average Bonchev–Trinajstić information content (AvgIpc) is 3.04. The number of carbonyl (C=O) groups is 1. The average molecular weight is 235 g/mol. The van der Waals surface area contributed by atoms with Gasteiger partial charge in [0.1, 0.15) is 6.04 Å². The second kappa shape index (κ2) is 4.90. The van der Waals surface area contributed by atoms with E-state index in [1.54, 1.807) is 0 Å². The summed E-state index contributed by atoms with van der Waals surface area (Å²) in [6, 6.07) is 2.31. The van der Waals surface area contributed by atoms with Gasteiger partial charge in [-0.15, -0.1) is 0 Å². The van der Waals surface area contributed by atoms with Crippen LogP contribution >= 0.6 is 0 Å². The van der Waals surface area contributed by atoms with E-state index in [1.165, 1.54) is 0 Å². The molecule has 0 aliphatic heterocycles. The molecule has 0 aromatic carbocycles. The topological polar surface area (TPSA) is 46.9 Å². The van der Waals surface area contributed by atoms with Gasteiger partial charge in [-0.2, -0.15) is 5.10 Å². The van der Waals surface area contributed by atoms with Gasteiger partial charge in [-0.05, 0) is 38.7 Å². The van der Waals surface area contributed by atoms with Crippen LogP contribution in [0.15, 0.2) is 6.07 Å². The van der Waals surface area contributed by atoms with Gasteiger partial charge in [-0.25, -0.2) is 0 Å². The predicted octanol–water partition coefficient (Wildman–Crippen LogP) is 1.85. The number of nitrogens with one attached hydrogen (secondary N) is 1. The van der Waals surface area contributed by atoms with Crippen LogP contribution in [0.5, 0.6) is 0 Å². The molecule has 17 heavy (non-hydrogen) atoms. The Labute approximate surface area is 102 Å². The number of rotatable bonds is 5.